The van der Waals surface area contributed by atoms with Crippen LogP contribution >= 0.6 is 11.3 Å². The number of nitrogen functional groups attached to an aromatic ring is 1. The van der Waals surface area contributed by atoms with Gasteiger partial charge in [-0.15, -0.1) is 11.3 Å². The minimum absolute atomic E-state index is 0.121. The van der Waals surface area contributed by atoms with Crippen molar-refractivity contribution < 1.29 is 4.92 Å². The van der Waals surface area contributed by atoms with Crippen LogP contribution in [0, 0.1) is 17.0 Å². The van der Waals surface area contributed by atoms with Gasteiger partial charge in [-0.2, -0.15) is 4.98 Å². The molecule has 8 nitrogen and oxygen atoms in total. The molecule has 0 fully saturated rings. The molecule has 0 atom stereocenters. The monoisotopic (exact) mass is 280 g/mol. The van der Waals surface area contributed by atoms with Crippen molar-refractivity contribution >= 4 is 28.8 Å². The second kappa shape index (κ2) is 5.59. The van der Waals surface area contributed by atoms with E-state index in [4.69, 9.17) is 5.84 Å². The number of hydrogen-bond donors (Lipinski definition) is 3. The summed E-state index contributed by atoms with van der Waals surface area (Å²) in [5.41, 5.74) is 3.20. The summed E-state index contributed by atoms with van der Waals surface area (Å²) in [5, 5.41) is 15.8. The number of thiophene rings is 1. The van der Waals surface area contributed by atoms with Crippen LogP contribution in [0.4, 0.5) is 17.5 Å². The molecule has 0 saturated heterocycles. The molecule has 9 heteroatoms. The van der Waals surface area contributed by atoms with Crippen LogP contribution in [0.15, 0.2) is 17.6 Å². The van der Waals surface area contributed by atoms with E-state index in [-0.39, 0.29) is 17.5 Å². The van der Waals surface area contributed by atoms with Gasteiger partial charge in [0.15, 0.2) is 0 Å². The fourth-order valence-corrected chi connectivity index (χ4v) is 2.30. The van der Waals surface area contributed by atoms with Crippen LogP contribution in [0.25, 0.3) is 0 Å². The average Bonchev–Trinajstić information content (AvgIpc) is 2.81. The third-order valence-electron chi connectivity index (χ3n) is 2.48. The van der Waals surface area contributed by atoms with Crippen LogP contribution in [0.2, 0.25) is 0 Å². The average molecular weight is 280 g/mol. The molecule has 0 aromatic carbocycles. The number of nitrogens with two attached hydrogens (primary N) is 1. The number of nitro groups is 1. The molecular weight excluding hydrogens is 268 g/mol. The highest BCUT2D eigenvalue weighted by atomic mass is 32.1. The summed E-state index contributed by atoms with van der Waals surface area (Å²) in [6, 6.07) is 1.99. The van der Waals surface area contributed by atoms with Gasteiger partial charge in [0, 0.05) is 4.88 Å². The fourth-order valence-electron chi connectivity index (χ4n) is 1.46. The minimum Gasteiger partial charge on any atom is -0.359 e. The van der Waals surface area contributed by atoms with E-state index in [0.29, 0.717) is 6.54 Å². The Balaban J connectivity index is 2.22. The second-order valence-corrected chi connectivity index (χ2v) is 4.71. The van der Waals surface area contributed by atoms with Gasteiger partial charge in [-0.3, -0.25) is 15.5 Å². The summed E-state index contributed by atoms with van der Waals surface area (Å²) in [4.78, 5) is 19.1. The summed E-state index contributed by atoms with van der Waals surface area (Å²) in [5.74, 6) is 5.45. The summed E-state index contributed by atoms with van der Waals surface area (Å²) in [7, 11) is 0. The summed E-state index contributed by atoms with van der Waals surface area (Å²) in [6.45, 7) is 2.44. The Hall–Kier alpha value is -2.26. The van der Waals surface area contributed by atoms with Gasteiger partial charge in [-0.25, -0.2) is 10.8 Å². The van der Waals surface area contributed by atoms with Gasteiger partial charge in [-0.05, 0) is 23.9 Å². The first-order valence-corrected chi connectivity index (χ1v) is 6.24. The Kier molecular flexibility index (Phi) is 3.88. The molecule has 2 aromatic heterocycles. The van der Waals surface area contributed by atoms with Gasteiger partial charge < -0.3 is 5.32 Å². The molecule has 0 bridgehead atoms. The number of rotatable bonds is 5. The Labute approximate surface area is 112 Å². The third-order valence-corrected chi connectivity index (χ3v) is 3.50. The Bertz CT molecular complexity index is 599. The lowest BCUT2D eigenvalue weighted by Gasteiger charge is -2.07. The zero-order chi connectivity index (χ0) is 13.8. The molecule has 0 aliphatic carbocycles. The maximum absolute atomic E-state index is 10.9. The molecule has 0 unspecified atom stereocenters. The first-order chi connectivity index (χ1) is 9.11. The number of nitrogens with one attached hydrogen (secondary N) is 2. The van der Waals surface area contributed by atoms with Crippen molar-refractivity contribution in [3.63, 3.8) is 0 Å². The molecule has 0 aliphatic rings. The predicted octanol–water partition coefficient (Wildman–Crippen LogP) is 1.65. The van der Waals surface area contributed by atoms with Gasteiger partial charge >= 0.3 is 5.69 Å². The predicted molar refractivity (Wildman–Crippen MR) is 72.9 cm³/mol. The number of anilines is 2. The highest BCUT2D eigenvalue weighted by Gasteiger charge is 2.17. The molecule has 4 N–H and O–H groups in total. The van der Waals surface area contributed by atoms with E-state index in [2.05, 4.69) is 20.7 Å². The first-order valence-electron chi connectivity index (χ1n) is 5.36. The van der Waals surface area contributed by atoms with Gasteiger partial charge in [0.2, 0.25) is 11.8 Å². The van der Waals surface area contributed by atoms with Crippen LogP contribution < -0.4 is 16.6 Å². The third kappa shape index (κ3) is 2.95. The molecule has 2 heterocycles. The molecule has 0 radical (unpaired) electrons. The van der Waals surface area contributed by atoms with E-state index >= 15 is 0 Å². The first kappa shape index (κ1) is 13.2. The van der Waals surface area contributed by atoms with Gasteiger partial charge in [0.25, 0.3) is 0 Å². The SMILES string of the molecule is Cc1ccsc1CNc1nc(NN)ncc1[N+](=O)[O-]. The zero-order valence-corrected chi connectivity index (χ0v) is 10.9. The topological polar surface area (TPSA) is 119 Å². The van der Waals surface area contributed by atoms with Gasteiger partial charge in [0.1, 0.15) is 6.20 Å². The van der Waals surface area contributed by atoms with E-state index in [1.165, 1.54) is 0 Å². The molecule has 2 aromatic rings. The molecule has 0 spiro atoms. The number of hydrazine groups is 1. The lowest BCUT2D eigenvalue weighted by molar-refractivity contribution is -0.384. The molecule has 0 amide bonds. The molecule has 100 valence electrons. The number of hydrogen-bond acceptors (Lipinski definition) is 8. The summed E-state index contributed by atoms with van der Waals surface area (Å²) in [6.07, 6.45) is 1.12. The highest BCUT2D eigenvalue weighted by Crippen LogP contribution is 2.24. The van der Waals surface area contributed by atoms with Gasteiger partial charge in [-0.1, -0.05) is 0 Å². The van der Waals surface area contributed by atoms with Crippen molar-refractivity contribution in [2.24, 2.45) is 5.84 Å². The van der Waals surface area contributed by atoms with Crippen molar-refractivity contribution in [2.45, 2.75) is 13.5 Å². The standard InChI is InChI=1S/C10H12N6O2S/c1-6-2-3-19-8(6)5-12-9-7(16(17)18)4-13-10(14-9)15-11/h2-4H,5,11H2,1H3,(H2,12,13,14,15). The molecule has 2 rings (SSSR count). The fraction of sp³-hybridized carbons (Fsp3) is 0.200. The Morgan fingerprint density at radius 2 is 2.37 bits per heavy atom. The lowest BCUT2D eigenvalue weighted by atomic mass is 10.3. The van der Waals surface area contributed by atoms with E-state index in [1.54, 1.807) is 11.3 Å². The second-order valence-electron chi connectivity index (χ2n) is 3.71. The summed E-state index contributed by atoms with van der Waals surface area (Å²) < 4.78 is 0. The number of nitrogens with zero attached hydrogens (tertiary/aromatic N) is 3. The minimum atomic E-state index is -0.538. The lowest BCUT2D eigenvalue weighted by Crippen LogP contribution is -2.13. The number of aryl methyl sites for hydroxylation is 1. The van der Waals surface area contributed by atoms with Crippen molar-refractivity contribution in [3.8, 4) is 0 Å². The van der Waals surface area contributed by atoms with Crippen LogP contribution in [0.5, 0.6) is 0 Å². The van der Waals surface area contributed by atoms with E-state index in [9.17, 15) is 10.1 Å². The molecule has 0 saturated carbocycles. The van der Waals surface area contributed by atoms with Crippen LogP contribution in [-0.2, 0) is 6.54 Å². The Morgan fingerprint density at radius 3 is 2.95 bits per heavy atom. The van der Waals surface area contributed by atoms with Crippen molar-refractivity contribution in [3.05, 3.63) is 38.2 Å². The van der Waals surface area contributed by atoms with Crippen LogP contribution in [-0.4, -0.2) is 14.9 Å². The van der Waals surface area contributed by atoms with Crippen LogP contribution in [0.3, 0.4) is 0 Å². The van der Waals surface area contributed by atoms with E-state index in [1.807, 2.05) is 18.4 Å². The molecule has 19 heavy (non-hydrogen) atoms. The quantitative estimate of drug-likeness (QED) is 0.433. The van der Waals surface area contributed by atoms with E-state index in [0.717, 1.165) is 16.6 Å². The van der Waals surface area contributed by atoms with Crippen molar-refractivity contribution in [1.29, 1.82) is 0 Å². The van der Waals surface area contributed by atoms with E-state index < -0.39 is 4.92 Å². The van der Waals surface area contributed by atoms with Crippen LogP contribution in [0.1, 0.15) is 10.4 Å². The van der Waals surface area contributed by atoms with Gasteiger partial charge in [0.05, 0.1) is 11.5 Å². The van der Waals surface area contributed by atoms with Crippen molar-refractivity contribution in [1.82, 2.24) is 9.97 Å². The Morgan fingerprint density at radius 1 is 1.58 bits per heavy atom. The molecular formula is C10H12N6O2S. The zero-order valence-electron chi connectivity index (χ0n) is 10.1. The largest absolute Gasteiger partial charge is 0.359 e. The van der Waals surface area contributed by atoms with Crippen molar-refractivity contribution in [2.75, 3.05) is 10.7 Å². The normalized spacial score (nSPS) is 10.2. The number of aromatic nitrogens is 2. The molecule has 0 aliphatic heterocycles. The highest BCUT2D eigenvalue weighted by molar-refractivity contribution is 7.10. The summed E-state index contributed by atoms with van der Waals surface area (Å²) >= 11 is 1.58. The maximum atomic E-state index is 10.9. The smallest absolute Gasteiger partial charge is 0.329 e. The maximum Gasteiger partial charge on any atom is 0.329 e.